The largest absolute Gasteiger partial charge is 0.350 e. The molecule has 0 radical (unpaired) electrons. The standard InChI is InChI=1S/C22H24F2N8/c1-12-28-20-18(32(12)16-8-22(23,24)9-16)5-13(10-26-20)17-3-4-31-19(17)11-27-21(30-31)29-15-6-14(7-15)25-2/h3-5,10-11,14-16,25H,6-9H2,1-2H3,(H,29,30)/t14-,15+. The van der Waals surface area contributed by atoms with Gasteiger partial charge in [-0.1, -0.05) is 0 Å². The Kier molecular flexibility index (Phi) is 4.23. The van der Waals surface area contributed by atoms with Crippen LogP contribution in [0.3, 0.4) is 0 Å². The molecule has 0 saturated heterocycles. The molecule has 2 aliphatic carbocycles. The number of halogens is 2. The number of aryl methyl sites for hydroxylation is 1. The summed E-state index contributed by atoms with van der Waals surface area (Å²) in [7, 11) is 1.98. The molecule has 4 aromatic heterocycles. The highest BCUT2D eigenvalue weighted by Crippen LogP contribution is 2.47. The van der Waals surface area contributed by atoms with Crippen LogP contribution in [0, 0.1) is 6.92 Å². The Hall–Kier alpha value is -3.14. The summed E-state index contributed by atoms with van der Waals surface area (Å²) in [5.41, 5.74) is 4.04. The quantitative estimate of drug-likeness (QED) is 0.496. The van der Waals surface area contributed by atoms with Crippen LogP contribution in [0.4, 0.5) is 14.7 Å². The molecule has 4 heterocycles. The van der Waals surface area contributed by atoms with Crippen molar-refractivity contribution in [2.45, 2.75) is 56.7 Å². The van der Waals surface area contributed by atoms with E-state index in [1.54, 1.807) is 16.9 Å². The Balaban J connectivity index is 1.32. The highest BCUT2D eigenvalue weighted by atomic mass is 19.3. The third kappa shape index (κ3) is 3.12. The monoisotopic (exact) mass is 438 g/mol. The van der Waals surface area contributed by atoms with Gasteiger partial charge in [0.15, 0.2) is 5.65 Å². The van der Waals surface area contributed by atoms with E-state index in [2.05, 4.69) is 30.7 Å². The predicted molar refractivity (Wildman–Crippen MR) is 117 cm³/mol. The van der Waals surface area contributed by atoms with Crippen LogP contribution < -0.4 is 10.6 Å². The third-order valence-corrected chi connectivity index (χ3v) is 6.76. The van der Waals surface area contributed by atoms with Crippen molar-refractivity contribution in [1.29, 1.82) is 0 Å². The summed E-state index contributed by atoms with van der Waals surface area (Å²) in [5.74, 6) is -1.27. The van der Waals surface area contributed by atoms with E-state index in [1.807, 2.05) is 36.9 Å². The van der Waals surface area contributed by atoms with Gasteiger partial charge < -0.3 is 15.2 Å². The molecule has 8 nitrogen and oxygen atoms in total. The zero-order chi connectivity index (χ0) is 22.0. The van der Waals surface area contributed by atoms with Gasteiger partial charge in [-0.15, -0.1) is 5.10 Å². The maximum absolute atomic E-state index is 13.5. The van der Waals surface area contributed by atoms with Crippen molar-refractivity contribution in [3.05, 3.63) is 36.5 Å². The van der Waals surface area contributed by atoms with Crippen molar-refractivity contribution in [2.75, 3.05) is 12.4 Å². The second-order valence-electron chi connectivity index (χ2n) is 8.95. The molecule has 2 saturated carbocycles. The molecule has 32 heavy (non-hydrogen) atoms. The zero-order valence-corrected chi connectivity index (χ0v) is 17.9. The Labute approximate surface area is 183 Å². The van der Waals surface area contributed by atoms with Crippen LogP contribution in [0.2, 0.25) is 0 Å². The van der Waals surface area contributed by atoms with Gasteiger partial charge in [0.05, 0.1) is 17.2 Å². The summed E-state index contributed by atoms with van der Waals surface area (Å²) in [5, 5.41) is 11.2. The number of pyridine rings is 1. The number of fused-ring (bicyclic) bond motifs is 2. The van der Waals surface area contributed by atoms with Gasteiger partial charge >= 0.3 is 0 Å². The van der Waals surface area contributed by atoms with Crippen LogP contribution in [0.1, 0.15) is 37.5 Å². The first kappa shape index (κ1) is 19.5. The number of anilines is 1. The number of nitrogens with one attached hydrogen (secondary N) is 2. The van der Waals surface area contributed by atoms with Gasteiger partial charge in [0.25, 0.3) is 5.92 Å². The molecule has 10 heteroatoms. The maximum Gasteiger partial charge on any atom is 0.252 e. The molecule has 6 rings (SSSR count). The Morgan fingerprint density at radius 3 is 2.66 bits per heavy atom. The molecule has 0 aromatic carbocycles. The van der Waals surface area contributed by atoms with E-state index in [9.17, 15) is 8.78 Å². The minimum Gasteiger partial charge on any atom is -0.350 e. The van der Waals surface area contributed by atoms with Crippen molar-refractivity contribution >= 4 is 22.6 Å². The van der Waals surface area contributed by atoms with Crippen LogP contribution in [-0.4, -0.2) is 54.2 Å². The van der Waals surface area contributed by atoms with E-state index < -0.39 is 5.92 Å². The van der Waals surface area contributed by atoms with Crippen LogP contribution in [0.25, 0.3) is 27.8 Å². The molecule has 2 aliphatic rings. The van der Waals surface area contributed by atoms with Gasteiger partial charge in [0.2, 0.25) is 5.95 Å². The second-order valence-corrected chi connectivity index (χ2v) is 8.95. The van der Waals surface area contributed by atoms with Crippen molar-refractivity contribution < 1.29 is 8.78 Å². The van der Waals surface area contributed by atoms with E-state index in [4.69, 9.17) is 0 Å². The van der Waals surface area contributed by atoms with Crippen LogP contribution in [0.5, 0.6) is 0 Å². The molecular weight excluding hydrogens is 414 g/mol. The molecule has 0 unspecified atom stereocenters. The summed E-state index contributed by atoms with van der Waals surface area (Å²) in [4.78, 5) is 13.5. The molecule has 2 fully saturated rings. The minimum atomic E-state index is -2.59. The molecular formula is C22H24F2N8. The number of nitrogens with zero attached hydrogens (tertiary/aromatic N) is 6. The molecule has 0 amide bonds. The first-order valence-electron chi connectivity index (χ1n) is 10.9. The third-order valence-electron chi connectivity index (χ3n) is 6.76. The smallest absolute Gasteiger partial charge is 0.252 e. The number of aromatic nitrogens is 6. The van der Waals surface area contributed by atoms with Gasteiger partial charge in [-0.3, -0.25) is 0 Å². The second kappa shape index (κ2) is 6.93. The zero-order valence-electron chi connectivity index (χ0n) is 17.9. The van der Waals surface area contributed by atoms with Crippen molar-refractivity contribution in [2.24, 2.45) is 0 Å². The summed E-state index contributed by atoms with van der Waals surface area (Å²) in [6.45, 7) is 1.84. The number of rotatable bonds is 5. The Morgan fingerprint density at radius 1 is 1.09 bits per heavy atom. The average Bonchev–Trinajstić information content (AvgIpc) is 3.27. The molecule has 2 N–H and O–H groups in total. The van der Waals surface area contributed by atoms with E-state index >= 15 is 0 Å². The fraction of sp³-hybridized carbons (Fsp3) is 0.455. The van der Waals surface area contributed by atoms with E-state index in [0.29, 0.717) is 29.5 Å². The van der Waals surface area contributed by atoms with E-state index in [1.165, 1.54) is 0 Å². The predicted octanol–water partition coefficient (Wildman–Crippen LogP) is 3.58. The highest BCUT2D eigenvalue weighted by molar-refractivity contribution is 5.85. The first-order chi connectivity index (χ1) is 15.4. The van der Waals surface area contributed by atoms with Crippen molar-refractivity contribution in [3.8, 4) is 11.1 Å². The van der Waals surface area contributed by atoms with Crippen LogP contribution >= 0.6 is 0 Å². The van der Waals surface area contributed by atoms with Crippen LogP contribution in [-0.2, 0) is 0 Å². The fourth-order valence-electron chi connectivity index (χ4n) is 4.88. The fourth-order valence-corrected chi connectivity index (χ4v) is 4.88. The normalized spacial score (nSPS) is 22.8. The molecule has 4 aromatic rings. The topological polar surface area (TPSA) is 85.0 Å². The Morgan fingerprint density at radius 2 is 1.91 bits per heavy atom. The average molecular weight is 438 g/mol. The van der Waals surface area contributed by atoms with Gasteiger partial charge in [0, 0.05) is 54.5 Å². The molecule has 0 atom stereocenters. The van der Waals surface area contributed by atoms with Gasteiger partial charge in [0.1, 0.15) is 5.82 Å². The lowest BCUT2D eigenvalue weighted by atomic mass is 9.87. The molecule has 0 spiro atoms. The lowest BCUT2D eigenvalue weighted by molar-refractivity contribution is -0.103. The number of imidazole rings is 1. The summed E-state index contributed by atoms with van der Waals surface area (Å²) < 4.78 is 30.7. The summed E-state index contributed by atoms with van der Waals surface area (Å²) in [6, 6.07) is 4.65. The Bertz CT molecular complexity index is 1310. The van der Waals surface area contributed by atoms with E-state index in [-0.39, 0.29) is 18.9 Å². The summed E-state index contributed by atoms with van der Waals surface area (Å²) in [6.07, 6.45) is 7.27. The molecule has 0 bridgehead atoms. The van der Waals surface area contributed by atoms with Crippen molar-refractivity contribution in [1.82, 2.24) is 34.4 Å². The number of hydrogen-bond acceptors (Lipinski definition) is 6. The van der Waals surface area contributed by atoms with Gasteiger partial charge in [-0.2, -0.15) is 0 Å². The first-order valence-corrected chi connectivity index (χ1v) is 10.9. The molecule has 0 aliphatic heterocycles. The lowest BCUT2D eigenvalue weighted by Gasteiger charge is -2.36. The van der Waals surface area contributed by atoms with Gasteiger partial charge in [-0.05, 0) is 38.9 Å². The van der Waals surface area contributed by atoms with Crippen molar-refractivity contribution in [3.63, 3.8) is 0 Å². The number of alkyl halides is 2. The van der Waals surface area contributed by atoms with E-state index in [0.717, 1.165) is 35.0 Å². The SMILES string of the molecule is CN[C@H]1C[C@@H](Nc2ncc3c(-c4cnc5nc(C)n(C6CC(F)(F)C6)c5c4)ccn3n2)C1. The highest BCUT2D eigenvalue weighted by Gasteiger charge is 2.47. The summed E-state index contributed by atoms with van der Waals surface area (Å²) >= 11 is 0. The lowest BCUT2D eigenvalue weighted by Crippen LogP contribution is -2.46. The van der Waals surface area contributed by atoms with Gasteiger partial charge in [-0.25, -0.2) is 28.2 Å². The minimum absolute atomic E-state index is 0.154. The number of hydrogen-bond donors (Lipinski definition) is 2. The maximum atomic E-state index is 13.5. The van der Waals surface area contributed by atoms with Crippen LogP contribution in [0.15, 0.2) is 30.7 Å². The molecule has 166 valence electrons.